The first-order valence-corrected chi connectivity index (χ1v) is 10.1. The Morgan fingerprint density at radius 2 is 1.57 bits per heavy atom. The van der Waals surface area contributed by atoms with Gasteiger partial charge in [-0.2, -0.15) is 0 Å². The molecule has 0 aliphatic rings. The van der Waals surface area contributed by atoms with Gasteiger partial charge in [0, 0.05) is 6.42 Å². The van der Waals surface area contributed by atoms with Gasteiger partial charge >= 0.3 is 0 Å². The molecule has 0 N–H and O–H groups in total. The lowest BCUT2D eigenvalue weighted by Crippen LogP contribution is -2.39. The van der Waals surface area contributed by atoms with Crippen LogP contribution in [-0.2, 0) is 9.84 Å². The average molecular weight is 319 g/mol. The maximum Gasteiger partial charge on any atom is 0.156 e. The molecule has 0 aromatic heterocycles. The molecule has 0 rings (SSSR count). The van der Waals surface area contributed by atoms with Crippen LogP contribution in [0.1, 0.15) is 73.6 Å². The Bertz CT molecular complexity index is 422. The van der Waals surface area contributed by atoms with Gasteiger partial charge in [-0.15, -0.1) is 0 Å². The summed E-state index contributed by atoms with van der Waals surface area (Å²) in [5.74, 6) is 0.526. The summed E-state index contributed by atoms with van der Waals surface area (Å²) >= 11 is 0. The first kappa shape index (κ1) is 20.6. The van der Waals surface area contributed by atoms with E-state index in [0.29, 0.717) is 17.7 Å². The highest BCUT2D eigenvalue weighted by molar-refractivity contribution is 7.91. The normalized spacial score (nSPS) is 13.4. The molecule has 0 unspecified atom stereocenters. The minimum absolute atomic E-state index is 0.0628. The largest absolute Gasteiger partial charge is 0.237 e. The molecule has 0 amide bonds. The number of hydrogen-bond acceptors (Lipinski definition) is 2. The molecule has 4 heteroatoms. The fourth-order valence-electron chi connectivity index (χ4n) is 2.00. The third-order valence-electron chi connectivity index (χ3n) is 4.71. The van der Waals surface area contributed by atoms with E-state index in [-0.39, 0.29) is 11.3 Å². The van der Waals surface area contributed by atoms with Crippen LogP contribution in [0.5, 0.6) is 0 Å². The Labute approximate surface area is 132 Å². The minimum Gasteiger partial charge on any atom is -0.237 e. The van der Waals surface area contributed by atoms with Crippen molar-refractivity contribution < 1.29 is 13.0 Å². The van der Waals surface area contributed by atoms with Crippen molar-refractivity contribution in [3.63, 3.8) is 0 Å². The van der Waals surface area contributed by atoms with Crippen LogP contribution in [0.4, 0.5) is 0 Å². The van der Waals surface area contributed by atoms with Crippen LogP contribution in [0.2, 0.25) is 0 Å². The molecule has 0 fully saturated rings. The maximum absolute atomic E-state index is 11.9. The van der Waals surface area contributed by atoms with Crippen molar-refractivity contribution >= 4 is 16.6 Å². The van der Waals surface area contributed by atoms with Crippen LogP contribution in [0.3, 0.4) is 0 Å². The SMILES string of the molecule is C=[N+](CCS(=O)(=O)CCCC)C(C)(C)CCC(C)(C)CC. The molecule has 0 bridgehead atoms. The standard InChI is InChI=1S/C17H36NO2S/c1-8-10-14-21(19,20)15-13-18(7)17(5,6)12-11-16(3,4)9-2/h7-15H2,1-6H3/q+1. The molecule has 0 aromatic rings. The van der Waals surface area contributed by atoms with Gasteiger partial charge in [-0.05, 0) is 32.1 Å². The van der Waals surface area contributed by atoms with Crippen LogP contribution in [0.15, 0.2) is 0 Å². The second-order valence-electron chi connectivity index (χ2n) is 7.60. The molecular formula is C17H36NO2S+. The van der Waals surface area contributed by atoms with Gasteiger partial charge in [0.25, 0.3) is 0 Å². The fraction of sp³-hybridized carbons (Fsp3) is 0.941. The van der Waals surface area contributed by atoms with E-state index in [0.717, 1.165) is 32.1 Å². The van der Waals surface area contributed by atoms with E-state index in [2.05, 4.69) is 41.3 Å². The minimum atomic E-state index is -2.93. The third-order valence-corrected chi connectivity index (χ3v) is 6.42. The van der Waals surface area contributed by atoms with E-state index in [9.17, 15) is 8.42 Å². The first-order chi connectivity index (χ1) is 9.46. The number of nitrogens with zero attached hydrogens (tertiary/aromatic N) is 1. The predicted octanol–water partition coefficient (Wildman–Crippen LogP) is 3.91. The molecule has 3 nitrogen and oxygen atoms in total. The highest BCUT2D eigenvalue weighted by atomic mass is 32.2. The van der Waals surface area contributed by atoms with Crippen LogP contribution in [0.25, 0.3) is 0 Å². The molecule has 0 aliphatic carbocycles. The molecule has 0 aliphatic heterocycles. The summed E-state index contributed by atoms with van der Waals surface area (Å²) in [5.41, 5.74) is 0.276. The highest BCUT2D eigenvalue weighted by Crippen LogP contribution is 2.30. The summed E-state index contributed by atoms with van der Waals surface area (Å²) in [6.45, 7) is 17.7. The summed E-state index contributed by atoms with van der Waals surface area (Å²) in [4.78, 5) is 0. The van der Waals surface area contributed by atoms with Crippen molar-refractivity contribution in [2.75, 3.05) is 18.1 Å². The molecule has 126 valence electrons. The Hall–Kier alpha value is -0.380. The maximum atomic E-state index is 11.9. The molecule has 0 heterocycles. The summed E-state index contributed by atoms with van der Waals surface area (Å²) in [5, 5.41) is 0. The number of rotatable bonds is 11. The second kappa shape index (κ2) is 8.30. The third kappa shape index (κ3) is 8.60. The smallest absolute Gasteiger partial charge is 0.156 e. The van der Waals surface area contributed by atoms with Gasteiger partial charge in [0.1, 0.15) is 12.5 Å². The summed E-state index contributed by atoms with van der Waals surface area (Å²) in [6.07, 6.45) is 5.00. The van der Waals surface area contributed by atoms with Crippen LogP contribution < -0.4 is 0 Å². The van der Waals surface area contributed by atoms with Gasteiger partial charge in [-0.3, -0.25) is 0 Å². The van der Waals surface area contributed by atoms with Crippen molar-refractivity contribution in [2.45, 2.75) is 79.2 Å². The lowest BCUT2D eigenvalue weighted by molar-refractivity contribution is -0.591. The Morgan fingerprint density at radius 1 is 1.00 bits per heavy atom. The zero-order chi connectivity index (χ0) is 16.7. The lowest BCUT2D eigenvalue weighted by Gasteiger charge is -2.28. The van der Waals surface area contributed by atoms with Crippen molar-refractivity contribution in [2.24, 2.45) is 5.41 Å². The zero-order valence-corrected chi connectivity index (χ0v) is 15.9. The predicted molar refractivity (Wildman–Crippen MR) is 93.2 cm³/mol. The first-order valence-electron chi connectivity index (χ1n) is 8.24. The van der Waals surface area contributed by atoms with Crippen molar-refractivity contribution in [1.82, 2.24) is 0 Å². The molecule has 0 spiro atoms. The van der Waals surface area contributed by atoms with Gasteiger partial charge < -0.3 is 0 Å². The number of hydrogen-bond donors (Lipinski definition) is 0. The van der Waals surface area contributed by atoms with E-state index < -0.39 is 9.84 Å². The van der Waals surface area contributed by atoms with E-state index in [1.165, 1.54) is 0 Å². The quantitative estimate of drug-likeness (QED) is 0.428. The molecule has 0 radical (unpaired) electrons. The van der Waals surface area contributed by atoms with Crippen molar-refractivity contribution in [3.05, 3.63) is 0 Å². The molecule has 0 saturated heterocycles. The lowest BCUT2D eigenvalue weighted by atomic mass is 9.81. The summed E-state index contributed by atoms with van der Waals surface area (Å²) in [6, 6.07) is 0. The zero-order valence-electron chi connectivity index (χ0n) is 15.0. The summed E-state index contributed by atoms with van der Waals surface area (Å²) < 4.78 is 25.8. The molecular weight excluding hydrogens is 282 g/mol. The Kier molecular flexibility index (Phi) is 8.15. The number of sulfone groups is 1. The van der Waals surface area contributed by atoms with Gasteiger partial charge in [-0.1, -0.05) is 40.5 Å². The van der Waals surface area contributed by atoms with E-state index in [1.807, 2.05) is 11.5 Å². The van der Waals surface area contributed by atoms with E-state index in [4.69, 9.17) is 0 Å². The highest BCUT2D eigenvalue weighted by Gasteiger charge is 2.31. The average Bonchev–Trinajstić information content (AvgIpc) is 2.40. The van der Waals surface area contributed by atoms with Crippen LogP contribution in [-0.4, -0.2) is 43.3 Å². The number of unbranched alkanes of at least 4 members (excludes halogenated alkanes) is 1. The van der Waals surface area contributed by atoms with Gasteiger partial charge in [-0.25, -0.2) is 13.0 Å². The van der Waals surface area contributed by atoms with Crippen LogP contribution in [0, 0.1) is 5.41 Å². The van der Waals surface area contributed by atoms with Gasteiger partial charge in [0.05, 0.1) is 5.75 Å². The second-order valence-corrected chi connectivity index (χ2v) is 9.90. The fourth-order valence-corrected chi connectivity index (χ4v) is 3.43. The monoisotopic (exact) mass is 318 g/mol. The summed E-state index contributed by atoms with van der Waals surface area (Å²) in [7, 11) is -2.93. The van der Waals surface area contributed by atoms with Crippen molar-refractivity contribution in [3.8, 4) is 0 Å². The van der Waals surface area contributed by atoms with E-state index >= 15 is 0 Å². The van der Waals surface area contributed by atoms with Crippen molar-refractivity contribution in [1.29, 1.82) is 0 Å². The Balaban J connectivity index is 4.43. The Morgan fingerprint density at radius 3 is 2.05 bits per heavy atom. The van der Waals surface area contributed by atoms with Gasteiger partial charge in [0.2, 0.25) is 0 Å². The van der Waals surface area contributed by atoms with Gasteiger partial charge in [0.15, 0.2) is 21.9 Å². The van der Waals surface area contributed by atoms with Crippen LogP contribution >= 0.6 is 0 Å². The topological polar surface area (TPSA) is 37.1 Å². The molecule has 21 heavy (non-hydrogen) atoms. The van der Waals surface area contributed by atoms with E-state index in [1.54, 1.807) is 0 Å². The molecule has 0 saturated carbocycles. The molecule has 0 atom stereocenters. The molecule has 0 aromatic carbocycles.